The Kier molecular flexibility index (Phi) is 19.6. The number of cyclic esters (lactones) is 3. The second-order valence-corrected chi connectivity index (χ2v) is 18.9. The summed E-state index contributed by atoms with van der Waals surface area (Å²) in [7, 11) is 4.02. The summed E-state index contributed by atoms with van der Waals surface area (Å²) in [4.78, 5) is 38.8. The van der Waals surface area contributed by atoms with Gasteiger partial charge >= 0.3 is 36.8 Å². The topological polar surface area (TPSA) is 88.6 Å². The molecule has 21 heteroatoms. The van der Waals surface area contributed by atoms with E-state index >= 15 is 0 Å². The molecule has 3 aromatic rings. The van der Waals surface area contributed by atoms with E-state index in [0.29, 0.717) is 0 Å². The van der Waals surface area contributed by atoms with E-state index in [0.717, 1.165) is 52.2 Å². The number of benzene rings is 3. The second-order valence-electron chi connectivity index (χ2n) is 17.6. The van der Waals surface area contributed by atoms with E-state index in [9.17, 15) is 53.9 Å². The van der Waals surface area contributed by atoms with Crippen LogP contribution in [0.2, 0.25) is 15.1 Å². The number of hydrogen-bond acceptors (Lipinski definition) is 6. The van der Waals surface area contributed by atoms with Crippen molar-refractivity contribution in [3.8, 4) is 35.5 Å². The van der Waals surface area contributed by atoms with Crippen LogP contribution < -0.4 is 14.7 Å². The minimum Gasteiger partial charge on any atom is -0.415 e. The van der Waals surface area contributed by atoms with E-state index in [1.54, 1.807) is 0 Å². The van der Waals surface area contributed by atoms with Crippen LogP contribution in [0.25, 0.3) is 0 Å². The van der Waals surface area contributed by atoms with Crippen LogP contribution in [0.3, 0.4) is 0 Å². The van der Waals surface area contributed by atoms with Crippen LogP contribution in [0.4, 0.5) is 71.0 Å². The van der Waals surface area contributed by atoms with E-state index in [4.69, 9.17) is 49.0 Å². The van der Waals surface area contributed by atoms with Gasteiger partial charge in [-0.1, -0.05) is 115 Å². The number of nitrogens with zero attached hydrogens (tertiary/aromatic N) is 3. The van der Waals surface area contributed by atoms with Gasteiger partial charge in [-0.2, -0.15) is 39.5 Å². The van der Waals surface area contributed by atoms with Gasteiger partial charge in [-0.05, 0) is 109 Å². The van der Waals surface area contributed by atoms with Crippen LogP contribution in [-0.4, -0.2) is 58.0 Å². The van der Waals surface area contributed by atoms with Crippen LogP contribution >= 0.6 is 34.8 Å². The molecule has 9 nitrogen and oxygen atoms in total. The predicted octanol–water partition coefficient (Wildman–Crippen LogP) is 16.1. The lowest BCUT2D eigenvalue weighted by molar-refractivity contribution is -0.240. The highest BCUT2D eigenvalue weighted by Crippen LogP contribution is 2.53. The molecule has 0 aromatic heterocycles. The highest BCUT2D eigenvalue weighted by molar-refractivity contribution is 6.31. The van der Waals surface area contributed by atoms with Crippen molar-refractivity contribution in [2.45, 2.75) is 117 Å². The van der Waals surface area contributed by atoms with Crippen molar-refractivity contribution in [2.24, 2.45) is 35.5 Å². The standard InChI is InChI=1S/3C16H13ClF3NO2.3C2H6/c3*1-9-7-10(9)5-6-15(16(18,19)20)12-8-11(17)3-4-13(12)21(2)14(22)23-15;3*1-2/h3*3-4,8-10H,7H2,1-2H3;3*1-2H3/t3*9?,10?,15-;;;/m000.../s1. The summed E-state index contributed by atoms with van der Waals surface area (Å²) in [5, 5.41) is 0.348. The number of anilines is 3. The van der Waals surface area contributed by atoms with Crippen LogP contribution in [0, 0.1) is 71.0 Å². The third kappa shape index (κ3) is 12.8. The Morgan fingerprint density at radius 3 is 0.827 bits per heavy atom. The maximum absolute atomic E-state index is 13.8. The number of fused-ring (bicyclic) bond motifs is 3. The summed E-state index contributed by atoms with van der Waals surface area (Å²) in [6, 6.07) is 11.8. The number of rotatable bonds is 0. The molecule has 0 spiro atoms. The lowest BCUT2D eigenvalue weighted by atomic mass is 9.89. The van der Waals surface area contributed by atoms with Crippen LogP contribution in [0.1, 0.15) is 98.3 Å². The number of amides is 3. The number of halogens is 12. The van der Waals surface area contributed by atoms with Crippen LogP contribution in [0.5, 0.6) is 0 Å². The monoisotopic (exact) mass is 1120 g/mol. The zero-order valence-electron chi connectivity index (χ0n) is 43.1. The minimum atomic E-state index is -4.88. The molecule has 6 aliphatic rings. The zero-order chi connectivity index (χ0) is 57.0. The van der Waals surface area contributed by atoms with Gasteiger partial charge in [-0.3, -0.25) is 14.7 Å². The number of hydrogen-bond donors (Lipinski definition) is 0. The second kappa shape index (κ2) is 23.7. The Hall–Kier alpha value is -5.61. The molecular weight excluding hydrogens is 1060 g/mol. The fourth-order valence-corrected chi connectivity index (χ4v) is 8.10. The number of ether oxygens (including phenoxy) is 3. The molecule has 3 saturated carbocycles. The molecule has 9 rings (SSSR count). The first-order chi connectivity index (χ1) is 35.0. The van der Waals surface area contributed by atoms with Crippen molar-refractivity contribution in [1.29, 1.82) is 0 Å². The zero-order valence-corrected chi connectivity index (χ0v) is 45.4. The molecule has 3 aliphatic carbocycles. The summed E-state index contributed by atoms with van der Waals surface area (Å²) in [6.45, 7) is 17.7. The smallest absolute Gasteiger partial charge is 0.415 e. The molecule has 0 bridgehead atoms. The number of carbonyl (C=O) groups excluding carboxylic acids is 3. The Morgan fingerprint density at radius 2 is 0.653 bits per heavy atom. The molecule has 408 valence electrons. The van der Waals surface area contributed by atoms with E-state index in [-0.39, 0.29) is 84.3 Å². The SMILES string of the molecule is CC.CC.CC.CC1CC1C#C[C@]1(C(F)(F)F)OC(=O)N(C)c2ccc(Cl)cc21.CC1CC1C#C[C@]1(C(F)(F)F)OC(=O)N(C)c2ccc(Cl)cc21.CC1CC1C#C[C@]1(C(F)(F)F)OC(=O)N(C)c2ccc(Cl)cc21. The first-order valence-electron chi connectivity index (χ1n) is 24.0. The van der Waals surface area contributed by atoms with Crippen molar-refractivity contribution in [3.05, 3.63) is 86.4 Å². The maximum Gasteiger partial charge on any atom is 0.445 e. The first-order valence-corrected chi connectivity index (χ1v) is 25.2. The molecule has 6 unspecified atom stereocenters. The number of alkyl halides is 9. The van der Waals surface area contributed by atoms with E-state index in [1.807, 2.05) is 62.3 Å². The van der Waals surface area contributed by atoms with Gasteiger partial charge in [-0.25, -0.2) is 14.4 Å². The molecule has 0 saturated heterocycles. The molecule has 3 amide bonds. The van der Waals surface area contributed by atoms with Gasteiger partial charge < -0.3 is 14.2 Å². The van der Waals surface area contributed by atoms with Gasteiger partial charge in [0, 0.05) is 70.7 Å². The fourth-order valence-electron chi connectivity index (χ4n) is 7.58. The molecule has 75 heavy (non-hydrogen) atoms. The quantitative estimate of drug-likeness (QED) is 0.127. The fraction of sp³-hybridized carbons (Fsp3) is 0.500. The minimum absolute atomic E-state index is 0.0844. The molecule has 0 N–H and O–H groups in total. The average Bonchev–Trinajstić information content (AvgIpc) is 4.32. The Labute approximate surface area is 446 Å². The van der Waals surface area contributed by atoms with Crippen molar-refractivity contribution >= 4 is 70.1 Å². The van der Waals surface area contributed by atoms with E-state index in [2.05, 4.69) is 35.5 Å². The van der Waals surface area contributed by atoms with Crippen molar-refractivity contribution in [3.63, 3.8) is 0 Å². The van der Waals surface area contributed by atoms with Gasteiger partial charge in [0.25, 0.3) is 16.8 Å². The summed E-state index contributed by atoms with van der Waals surface area (Å²) in [6.07, 6.45) is -15.7. The van der Waals surface area contributed by atoms with Gasteiger partial charge in [0.2, 0.25) is 0 Å². The normalized spacial score (nSPS) is 27.2. The molecule has 9 atom stereocenters. The van der Waals surface area contributed by atoms with Gasteiger partial charge in [0.05, 0.1) is 17.1 Å². The van der Waals surface area contributed by atoms with E-state index < -0.39 is 53.6 Å². The molecule has 3 aromatic carbocycles. The molecule has 3 aliphatic heterocycles. The van der Waals surface area contributed by atoms with Crippen LogP contribution in [-0.2, 0) is 31.0 Å². The molecular formula is C54H57Cl3F9N3O6. The lowest BCUT2D eigenvalue weighted by Gasteiger charge is -2.39. The van der Waals surface area contributed by atoms with Gasteiger partial charge in [-0.15, -0.1) is 0 Å². The Bertz CT molecular complexity index is 2510. The molecule has 0 radical (unpaired) electrons. The summed E-state index contributed by atoms with van der Waals surface area (Å²) in [5.74, 6) is 14.9. The largest absolute Gasteiger partial charge is 0.445 e. The maximum atomic E-state index is 13.8. The summed E-state index contributed by atoms with van der Waals surface area (Å²) < 4.78 is 139. The van der Waals surface area contributed by atoms with Gasteiger partial charge in [0.1, 0.15) is 0 Å². The summed E-state index contributed by atoms with van der Waals surface area (Å²) in [5.41, 5.74) is -9.50. The number of carbonyl (C=O) groups is 3. The third-order valence-electron chi connectivity index (χ3n) is 12.5. The van der Waals surface area contributed by atoms with Crippen molar-refractivity contribution in [2.75, 3.05) is 35.8 Å². The highest BCUT2D eigenvalue weighted by atomic mass is 35.5. The van der Waals surface area contributed by atoms with Crippen LogP contribution in [0.15, 0.2) is 54.6 Å². The molecule has 3 fully saturated rings. The lowest BCUT2D eigenvalue weighted by Crippen LogP contribution is -2.52. The van der Waals surface area contributed by atoms with Gasteiger partial charge in [0.15, 0.2) is 0 Å². The average molecular weight is 1120 g/mol. The van der Waals surface area contributed by atoms with Crippen molar-refractivity contribution < 1.29 is 68.1 Å². The predicted molar refractivity (Wildman–Crippen MR) is 271 cm³/mol. The summed E-state index contributed by atoms with van der Waals surface area (Å²) >= 11 is 17.6. The first kappa shape index (κ1) is 61.9. The Morgan fingerprint density at radius 1 is 0.453 bits per heavy atom. The molecule has 3 heterocycles. The highest BCUT2D eigenvalue weighted by Gasteiger charge is 2.65. The third-order valence-corrected chi connectivity index (χ3v) is 13.2. The van der Waals surface area contributed by atoms with Crippen molar-refractivity contribution in [1.82, 2.24) is 0 Å². The van der Waals surface area contributed by atoms with E-state index in [1.165, 1.54) is 57.5 Å². The Balaban J connectivity index is 0.000000231.